The van der Waals surface area contributed by atoms with E-state index in [0.717, 1.165) is 12.2 Å². The van der Waals surface area contributed by atoms with Gasteiger partial charge in [0.1, 0.15) is 12.3 Å². The molecule has 0 bridgehead atoms. The predicted molar refractivity (Wildman–Crippen MR) is 242 cm³/mol. The van der Waals surface area contributed by atoms with Crippen molar-refractivity contribution in [2.45, 2.75) is 161 Å². The SMILES string of the molecule is CC(C)C(=O)O[C@]1(C(=O)S)[C@H](C)CC2C3C[C@H](F)C4=CC(=O)C=CC4(C)[C@@]3(F)[C@@H](O)CC21C.CCCC(=O)O[C@]1(C(=O)S)[C@H](C)CC2C3C[C@H](F)C4=CC(=O)C=CC4(C)[C@@]3(F)[C@@H](O)CC21C. The molecule has 8 aliphatic carbocycles. The summed E-state index contributed by atoms with van der Waals surface area (Å²) in [6.07, 6.45) is 1.79. The maximum atomic E-state index is 17.2. The predicted octanol–water partition coefficient (Wildman–Crippen LogP) is 8.04. The van der Waals surface area contributed by atoms with Gasteiger partial charge in [0.25, 0.3) is 0 Å². The van der Waals surface area contributed by atoms with E-state index in [1.165, 1.54) is 38.2 Å². The molecular formula is C50H64F4O10S2. The largest absolute Gasteiger partial charge is 0.449 e. The molecule has 0 aromatic rings. The Kier molecular flexibility index (Phi) is 12.7. The lowest BCUT2D eigenvalue weighted by Crippen LogP contribution is -2.70. The summed E-state index contributed by atoms with van der Waals surface area (Å²) in [5.41, 5.74) is -13.0. The average molecular weight is 965 g/mol. The number of aliphatic hydroxyl groups excluding tert-OH is 2. The van der Waals surface area contributed by atoms with Crippen LogP contribution in [0.2, 0.25) is 0 Å². The van der Waals surface area contributed by atoms with Crippen LogP contribution in [0.4, 0.5) is 17.6 Å². The highest BCUT2D eigenvalue weighted by Crippen LogP contribution is 2.74. The number of esters is 2. The Morgan fingerprint density at radius 1 is 0.697 bits per heavy atom. The third kappa shape index (κ3) is 6.47. The number of aliphatic hydroxyl groups is 2. The molecule has 0 aliphatic heterocycles. The molecule has 16 heteroatoms. The van der Waals surface area contributed by atoms with Crippen molar-refractivity contribution in [3.8, 4) is 0 Å². The molecule has 0 heterocycles. The van der Waals surface area contributed by atoms with Crippen LogP contribution in [-0.2, 0) is 38.2 Å². The number of carbonyl (C=O) groups is 6. The first-order valence-electron chi connectivity index (χ1n) is 23.3. The van der Waals surface area contributed by atoms with E-state index in [2.05, 4.69) is 25.3 Å². The van der Waals surface area contributed by atoms with E-state index in [1.807, 2.05) is 6.92 Å². The Balaban J connectivity index is 0.000000196. The summed E-state index contributed by atoms with van der Waals surface area (Å²) in [5.74, 6) is -6.38. The van der Waals surface area contributed by atoms with Gasteiger partial charge in [-0.2, -0.15) is 0 Å². The van der Waals surface area contributed by atoms with Crippen LogP contribution in [0.25, 0.3) is 0 Å². The smallest absolute Gasteiger partial charge is 0.309 e. The molecule has 0 aromatic carbocycles. The highest BCUT2D eigenvalue weighted by Gasteiger charge is 2.80. The van der Waals surface area contributed by atoms with E-state index in [0.29, 0.717) is 19.3 Å². The van der Waals surface area contributed by atoms with Crippen LogP contribution < -0.4 is 0 Å². The van der Waals surface area contributed by atoms with Crippen LogP contribution in [0.3, 0.4) is 0 Å². The van der Waals surface area contributed by atoms with E-state index >= 15 is 17.6 Å². The molecule has 10 nitrogen and oxygen atoms in total. The van der Waals surface area contributed by atoms with Crippen molar-refractivity contribution in [3.05, 3.63) is 47.6 Å². The number of ketones is 2. The molecule has 6 fully saturated rings. The molecule has 66 heavy (non-hydrogen) atoms. The first-order chi connectivity index (χ1) is 30.5. The van der Waals surface area contributed by atoms with Gasteiger partial charge in [0, 0.05) is 51.8 Å². The first kappa shape index (κ1) is 50.8. The standard InChI is InChI=1S/2C25H32F2O5S/c1-12(2)20(30)32-25(21(31)33)13(3)8-15-16-10-18(26)17-9-14(28)6-7-22(17,4)24(16,27)19(29)11-23(15,25)5;1-5-6-20(30)32-25(21(31)33)13(2)9-15-16-11-18(26)17-10-14(28)7-8-22(17,3)24(16,27)19(29)12-23(15,25)4/h6-7,9,12-13,15-16,18-19,29H,8,10-11H2,1-5H3,(H,31,33);7-8,10,13,15-16,18-19,29H,5-6,9,11-12H2,1-4H3,(H,31,33)/t2*13-,15?,16?,18+,19+,22?,23?,24+,25+/m11/s1. The van der Waals surface area contributed by atoms with Gasteiger partial charge in [0.2, 0.25) is 10.2 Å². The van der Waals surface area contributed by atoms with Crippen molar-refractivity contribution >= 4 is 59.0 Å². The van der Waals surface area contributed by atoms with E-state index in [4.69, 9.17) is 9.47 Å². The Hall–Kier alpha value is -3.08. The van der Waals surface area contributed by atoms with Gasteiger partial charge in [-0.15, -0.1) is 25.3 Å². The Morgan fingerprint density at radius 3 is 1.42 bits per heavy atom. The number of fused-ring (bicyclic) bond motifs is 10. The molecule has 8 unspecified atom stereocenters. The molecule has 364 valence electrons. The summed E-state index contributed by atoms with van der Waals surface area (Å²) in [6, 6.07) is 0. The summed E-state index contributed by atoms with van der Waals surface area (Å²) >= 11 is 8.23. The van der Waals surface area contributed by atoms with Gasteiger partial charge in [-0.05, 0) is 106 Å². The second-order valence-corrected chi connectivity index (χ2v) is 22.7. The summed E-state index contributed by atoms with van der Waals surface area (Å²) in [5, 5.41) is 21.4. The zero-order valence-electron chi connectivity index (χ0n) is 39.0. The van der Waals surface area contributed by atoms with Gasteiger partial charge in [0.15, 0.2) is 34.1 Å². The second-order valence-electron chi connectivity index (χ2n) is 21.9. The molecule has 2 N–H and O–H groups in total. The van der Waals surface area contributed by atoms with Crippen molar-refractivity contribution in [2.75, 3.05) is 0 Å². The van der Waals surface area contributed by atoms with Crippen molar-refractivity contribution in [1.29, 1.82) is 0 Å². The molecule has 8 aliphatic rings. The number of rotatable bonds is 7. The number of carbonyl (C=O) groups excluding carboxylic acids is 6. The summed E-state index contributed by atoms with van der Waals surface area (Å²) in [4.78, 5) is 75.1. The Labute approximate surface area is 395 Å². The molecular weight excluding hydrogens is 901 g/mol. The minimum absolute atomic E-state index is 0.0465. The third-order valence-electron chi connectivity index (χ3n) is 18.4. The van der Waals surface area contributed by atoms with E-state index in [-0.39, 0.29) is 43.3 Å². The molecule has 6 saturated carbocycles. The van der Waals surface area contributed by atoms with Crippen molar-refractivity contribution in [1.82, 2.24) is 0 Å². The molecule has 0 saturated heterocycles. The molecule has 0 radical (unpaired) electrons. The number of thiol groups is 2. The lowest BCUT2D eigenvalue weighted by Gasteiger charge is -2.63. The van der Waals surface area contributed by atoms with Gasteiger partial charge in [-0.3, -0.25) is 28.8 Å². The molecule has 0 spiro atoms. The maximum Gasteiger partial charge on any atom is 0.309 e. The van der Waals surface area contributed by atoms with Gasteiger partial charge < -0.3 is 19.7 Å². The number of alkyl halides is 4. The minimum atomic E-state index is -2.25. The van der Waals surface area contributed by atoms with E-state index in [1.54, 1.807) is 41.5 Å². The number of hydrogen-bond acceptors (Lipinski definition) is 10. The van der Waals surface area contributed by atoms with Crippen LogP contribution in [0.5, 0.6) is 0 Å². The van der Waals surface area contributed by atoms with E-state index in [9.17, 15) is 39.0 Å². The van der Waals surface area contributed by atoms with Crippen molar-refractivity contribution in [2.24, 2.45) is 63.1 Å². The summed E-state index contributed by atoms with van der Waals surface area (Å²) < 4.78 is 77.0. The number of allylic oxidation sites excluding steroid dienone is 8. The fraction of sp³-hybridized carbons (Fsp3) is 0.720. The van der Waals surface area contributed by atoms with Gasteiger partial charge >= 0.3 is 11.9 Å². The number of halogens is 4. The molecule has 0 aromatic heterocycles. The van der Waals surface area contributed by atoms with Gasteiger partial charge in [-0.25, -0.2) is 17.6 Å². The lowest BCUT2D eigenvalue weighted by atomic mass is 9.44. The fourth-order valence-electron chi connectivity index (χ4n) is 15.2. The average Bonchev–Trinajstić information content (AvgIpc) is 3.58. The number of ether oxygens (including phenoxy) is 2. The quantitative estimate of drug-likeness (QED) is 0.112. The molecule has 0 amide bonds. The van der Waals surface area contributed by atoms with Crippen LogP contribution in [0, 0.1) is 63.1 Å². The Morgan fingerprint density at radius 2 is 1.08 bits per heavy atom. The highest BCUT2D eigenvalue weighted by atomic mass is 32.1. The fourth-order valence-corrected chi connectivity index (χ4v) is 16.2. The molecule has 8 rings (SSSR count). The summed E-state index contributed by atoms with van der Waals surface area (Å²) in [7, 11) is 0. The van der Waals surface area contributed by atoms with Crippen LogP contribution in [0.1, 0.15) is 114 Å². The topological polar surface area (TPSA) is 161 Å². The van der Waals surface area contributed by atoms with E-state index < -0.39 is 144 Å². The maximum absolute atomic E-state index is 17.2. The van der Waals surface area contributed by atoms with Crippen molar-refractivity contribution < 1.29 is 66.0 Å². The highest BCUT2D eigenvalue weighted by molar-refractivity contribution is 7.97. The normalized spacial score (nSPS) is 48.5. The lowest BCUT2D eigenvalue weighted by molar-refractivity contribution is -0.229. The zero-order chi connectivity index (χ0) is 49.3. The molecule has 18 atom stereocenters. The van der Waals surface area contributed by atoms with Crippen LogP contribution in [-0.4, -0.2) is 91.0 Å². The second kappa shape index (κ2) is 16.5. The van der Waals surface area contributed by atoms with Crippen LogP contribution in [0.15, 0.2) is 47.6 Å². The first-order valence-corrected chi connectivity index (χ1v) is 24.2. The van der Waals surface area contributed by atoms with Crippen molar-refractivity contribution in [3.63, 3.8) is 0 Å². The zero-order valence-corrected chi connectivity index (χ0v) is 40.8. The summed E-state index contributed by atoms with van der Waals surface area (Å²) in [6.45, 7) is 15.2. The van der Waals surface area contributed by atoms with Gasteiger partial charge in [0.05, 0.1) is 18.1 Å². The van der Waals surface area contributed by atoms with Gasteiger partial charge in [-0.1, -0.05) is 60.6 Å². The Bertz CT molecular complexity index is 2250. The van der Waals surface area contributed by atoms with Crippen LogP contribution >= 0.6 is 25.3 Å². The third-order valence-corrected chi connectivity index (χ3v) is 19.1. The monoisotopic (exact) mass is 964 g/mol. The minimum Gasteiger partial charge on any atom is -0.449 e. The number of hydrogen-bond donors (Lipinski definition) is 4.